The van der Waals surface area contributed by atoms with E-state index in [0.29, 0.717) is 49.9 Å². The van der Waals surface area contributed by atoms with Crippen molar-refractivity contribution >= 4 is 49.4 Å². The molecule has 1 amide bonds. The van der Waals surface area contributed by atoms with E-state index in [-0.39, 0.29) is 17.4 Å². The number of hydrogen-bond acceptors (Lipinski definition) is 8. The molecule has 0 fully saturated rings. The maximum absolute atomic E-state index is 12.5. The predicted octanol–water partition coefficient (Wildman–Crippen LogP) is 5.63. The molecule has 1 atom stereocenters. The first-order valence-corrected chi connectivity index (χ1v) is 16.1. The maximum atomic E-state index is 12.5. The van der Waals surface area contributed by atoms with Crippen molar-refractivity contribution in [1.29, 1.82) is 0 Å². The second-order valence-corrected chi connectivity index (χ2v) is 11.9. The number of pyridine rings is 1. The molecule has 0 radical (unpaired) electrons. The van der Waals surface area contributed by atoms with Gasteiger partial charge in [-0.05, 0) is 60.2 Å². The molecule has 0 saturated carbocycles. The minimum atomic E-state index is -4.42. The Morgan fingerprint density at radius 2 is 1.87 bits per heavy atom. The van der Waals surface area contributed by atoms with Crippen LogP contribution in [-0.2, 0) is 16.6 Å². The molecule has 0 spiro atoms. The van der Waals surface area contributed by atoms with Gasteiger partial charge in [-0.25, -0.2) is 4.98 Å². The molecule has 0 saturated heterocycles. The molecular weight excluding hydrogens is 677 g/mol. The summed E-state index contributed by atoms with van der Waals surface area (Å²) in [4.78, 5) is 25.8. The normalized spacial score (nSPS) is 12.0. The number of methoxy groups -OCH3 is 1. The minimum absolute atomic E-state index is 0.0227. The van der Waals surface area contributed by atoms with Crippen LogP contribution in [0.25, 0.3) is 11.0 Å². The lowest BCUT2D eigenvalue weighted by atomic mass is 10.1. The van der Waals surface area contributed by atoms with Crippen LogP contribution in [0.15, 0.2) is 58.3 Å². The Morgan fingerprint density at radius 3 is 2.51 bits per heavy atom. The smallest absolute Gasteiger partial charge is 0.422 e. The van der Waals surface area contributed by atoms with Gasteiger partial charge in [0.1, 0.15) is 11.5 Å². The summed E-state index contributed by atoms with van der Waals surface area (Å²) in [7, 11) is 0.00962. The number of imidazole rings is 1. The molecule has 0 aliphatic rings. The zero-order valence-electron chi connectivity index (χ0n) is 25.3. The zero-order valence-corrected chi connectivity index (χ0v) is 27.7. The lowest BCUT2D eigenvalue weighted by Gasteiger charge is -2.18. The van der Waals surface area contributed by atoms with Crippen LogP contribution >= 0.6 is 15.9 Å². The number of rotatable bonds is 12. The third-order valence-electron chi connectivity index (χ3n) is 6.67. The Hall–Kier alpha value is -3.69. The van der Waals surface area contributed by atoms with E-state index in [1.54, 1.807) is 25.1 Å². The van der Waals surface area contributed by atoms with Gasteiger partial charge >= 0.3 is 6.18 Å². The number of nitrogen functional groups attached to an aromatic ring is 1. The number of H-pyrrole nitrogens is 1. The average Bonchev–Trinajstić information content (AvgIpc) is 3.45. The second-order valence-electron chi connectivity index (χ2n) is 9.69. The van der Waals surface area contributed by atoms with Gasteiger partial charge in [-0.1, -0.05) is 26.0 Å². The quantitative estimate of drug-likeness (QED) is 0.161. The molecule has 45 heavy (non-hydrogen) atoms. The summed E-state index contributed by atoms with van der Waals surface area (Å²) in [6, 6.07) is 11.9. The number of ether oxygens (including phenoxy) is 2. The number of alkyl halides is 3. The van der Waals surface area contributed by atoms with Crippen molar-refractivity contribution in [1.82, 2.24) is 25.2 Å². The molecule has 1 unspecified atom stereocenters. The minimum Gasteiger partial charge on any atom is -0.496 e. The standard InChI is InChI=1S/C16H14F3N3O2S.C14H22BrN3O2/c1-10-13(20-7-6-14(10)24-9-16(17,18)19)8-25(23)15-21-11-4-2-3-5-12(11)22-15;1-4-18(5-2)7-6-17-14(19)10-8-11(15)12(16)9-13(10)20-3/h2-7H,8-9H2,1H3,(H,21,22);8-9H,4-7,16H2,1-3H3,(H,17,19). The lowest BCUT2D eigenvalue weighted by Crippen LogP contribution is -2.34. The number of halogens is 4. The number of amides is 1. The van der Waals surface area contributed by atoms with Gasteiger partial charge in [0.2, 0.25) is 0 Å². The van der Waals surface area contributed by atoms with E-state index in [1.807, 2.05) is 18.2 Å². The number of hydrogen-bond donors (Lipinski definition) is 3. The molecular formula is C30H36BrF3N6O4S. The number of aromatic nitrogens is 3. The van der Waals surface area contributed by atoms with Gasteiger partial charge in [0.15, 0.2) is 11.8 Å². The summed E-state index contributed by atoms with van der Waals surface area (Å²) in [5, 5.41) is 3.19. The number of benzene rings is 2. The van der Waals surface area contributed by atoms with Crippen LogP contribution in [0.2, 0.25) is 0 Å². The Bertz CT molecular complexity index is 1580. The number of carbonyl (C=O) groups is 1. The highest BCUT2D eigenvalue weighted by Gasteiger charge is 2.29. The second kappa shape index (κ2) is 16.6. The third-order valence-corrected chi connectivity index (χ3v) is 8.52. The van der Waals surface area contributed by atoms with Crippen LogP contribution in [-0.4, -0.2) is 76.0 Å². The number of nitrogens with two attached hydrogens (primary N) is 1. The Balaban J connectivity index is 0.000000253. The number of nitrogens with zero attached hydrogens (tertiary/aromatic N) is 3. The molecule has 2 aromatic carbocycles. The van der Waals surface area contributed by atoms with Gasteiger partial charge in [-0.3, -0.25) is 14.0 Å². The molecule has 2 heterocycles. The van der Waals surface area contributed by atoms with Gasteiger partial charge < -0.3 is 30.4 Å². The number of likely N-dealkylation sites (N-methyl/N-ethyl adjacent to an activating group) is 1. The fourth-order valence-corrected chi connectivity index (χ4v) is 5.57. The third kappa shape index (κ3) is 10.4. The van der Waals surface area contributed by atoms with Gasteiger partial charge in [0, 0.05) is 41.1 Å². The summed E-state index contributed by atoms with van der Waals surface area (Å²) in [5.41, 5.74) is 9.08. The van der Waals surface area contributed by atoms with Crippen molar-refractivity contribution in [3.8, 4) is 11.5 Å². The summed E-state index contributed by atoms with van der Waals surface area (Å²) in [5.74, 6) is 0.416. The number of para-hydroxylation sites is 2. The summed E-state index contributed by atoms with van der Waals surface area (Å²) >= 11 is 3.32. The number of aromatic amines is 1. The zero-order chi connectivity index (χ0) is 33.1. The summed E-state index contributed by atoms with van der Waals surface area (Å²) < 4.78 is 60.1. The highest BCUT2D eigenvalue weighted by molar-refractivity contribution is 9.10. The van der Waals surface area contributed by atoms with Crippen LogP contribution in [0, 0.1) is 6.92 Å². The first kappa shape index (κ1) is 35.8. The molecule has 0 aliphatic heterocycles. The van der Waals surface area contributed by atoms with Crippen molar-refractivity contribution in [2.45, 2.75) is 37.9 Å². The molecule has 4 aromatic rings. The molecule has 0 aliphatic carbocycles. The van der Waals surface area contributed by atoms with Gasteiger partial charge in [0.05, 0.1) is 46.0 Å². The number of carbonyl (C=O) groups excluding carboxylic acids is 1. The van der Waals surface area contributed by atoms with E-state index in [4.69, 9.17) is 15.2 Å². The highest BCUT2D eigenvalue weighted by Crippen LogP contribution is 2.29. The molecule has 10 nitrogen and oxygen atoms in total. The largest absolute Gasteiger partial charge is 0.496 e. The summed E-state index contributed by atoms with van der Waals surface area (Å²) in [6.45, 7) is 7.79. The molecule has 244 valence electrons. The molecule has 2 aromatic heterocycles. The topological polar surface area (TPSA) is 135 Å². The van der Waals surface area contributed by atoms with Crippen molar-refractivity contribution in [2.75, 3.05) is 45.6 Å². The van der Waals surface area contributed by atoms with E-state index >= 15 is 0 Å². The Morgan fingerprint density at radius 1 is 1.16 bits per heavy atom. The number of nitrogens with one attached hydrogen (secondary N) is 2. The Kier molecular flexibility index (Phi) is 13.2. The monoisotopic (exact) mass is 712 g/mol. The number of anilines is 1. The van der Waals surface area contributed by atoms with E-state index in [1.165, 1.54) is 19.4 Å². The van der Waals surface area contributed by atoms with Crippen molar-refractivity contribution in [3.63, 3.8) is 0 Å². The molecule has 4 rings (SSSR count). The molecule has 4 N–H and O–H groups in total. The van der Waals surface area contributed by atoms with Crippen molar-refractivity contribution in [3.05, 3.63) is 70.0 Å². The first-order chi connectivity index (χ1) is 21.4. The summed E-state index contributed by atoms with van der Waals surface area (Å²) in [6.07, 6.45) is -3.09. The van der Waals surface area contributed by atoms with E-state index in [0.717, 1.165) is 25.2 Å². The maximum Gasteiger partial charge on any atom is 0.422 e. The van der Waals surface area contributed by atoms with Crippen molar-refractivity contribution < 1.29 is 31.6 Å². The van der Waals surface area contributed by atoms with Crippen LogP contribution in [0.3, 0.4) is 0 Å². The Labute approximate surface area is 270 Å². The van der Waals surface area contributed by atoms with Crippen LogP contribution < -0.4 is 20.5 Å². The fraction of sp³-hybridized carbons (Fsp3) is 0.367. The van der Waals surface area contributed by atoms with Crippen LogP contribution in [0.4, 0.5) is 18.9 Å². The number of fused-ring (bicyclic) bond motifs is 1. The average molecular weight is 714 g/mol. The fourth-order valence-electron chi connectivity index (χ4n) is 4.13. The van der Waals surface area contributed by atoms with E-state index < -0.39 is 23.6 Å². The van der Waals surface area contributed by atoms with Crippen LogP contribution in [0.1, 0.15) is 35.5 Å². The van der Waals surface area contributed by atoms with Gasteiger partial charge in [0.25, 0.3) is 5.91 Å². The van der Waals surface area contributed by atoms with Crippen LogP contribution in [0.5, 0.6) is 11.5 Å². The molecule has 0 bridgehead atoms. The lowest BCUT2D eigenvalue weighted by molar-refractivity contribution is -0.153. The highest BCUT2D eigenvalue weighted by atomic mass is 79.9. The van der Waals surface area contributed by atoms with E-state index in [2.05, 4.69) is 54.9 Å². The van der Waals surface area contributed by atoms with Gasteiger partial charge in [-0.2, -0.15) is 13.2 Å². The van der Waals surface area contributed by atoms with Gasteiger partial charge in [-0.15, -0.1) is 0 Å². The van der Waals surface area contributed by atoms with E-state index in [9.17, 15) is 22.2 Å². The molecule has 15 heteroatoms. The first-order valence-electron chi connectivity index (χ1n) is 14.0. The van der Waals surface area contributed by atoms with Crippen molar-refractivity contribution in [2.24, 2.45) is 0 Å². The SMILES string of the molecule is CCN(CC)CCNC(=O)c1cc(Br)c(N)cc1OC.Cc1c(OCC(F)(F)F)ccnc1CS(=O)c1nc2ccccc2[nH]1. The predicted molar refractivity (Wildman–Crippen MR) is 172 cm³/mol.